The van der Waals surface area contributed by atoms with Gasteiger partial charge in [-0.3, -0.25) is 0 Å². The topological polar surface area (TPSA) is 26.3 Å². The van der Waals surface area contributed by atoms with E-state index >= 15 is 0 Å². The molecule has 0 radical (unpaired) electrons. The first-order valence-electron chi connectivity index (χ1n) is 6.88. The molecule has 0 fully saturated rings. The van der Waals surface area contributed by atoms with Crippen molar-refractivity contribution in [2.24, 2.45) is 0 Å². The number of hydrogen-bond donors (Lipinski definition) is 0. The molecule has 1 atom stereocenters. The van der Waals surface area contributed by atoms with Crippen molar-refractivity contribution in [3.8, 4) is 0 Å². The van der Waals surface area contributed by atoms with Gasteiger partial charge in [0.2, 0.25) is 0 Å². The molecular formula is C15H18BrF3O2. The third kappa shape index (κ3) is 6.50. The summed E-state index contributed by atoms with van der Waals surface area (Å²) in [7, 11) is 0. The van der Waals surface area contributed by atoms with E-state index in [-0.39, 0.29) is 12.0 Å². The smallest absolute Gasteiger partial charge is 0.425 e. The molecule has 118 valence electrons. The van der Waals surface area contributed by atoms with Crippen LogP contribution in [-0.2, 0) is 4.74 Å². The molecule has 0 saturated heterocycles. The number of halogens is 4. The van der Waals surface area contributed by atoms with Gasteiger partial charge in [0.1, 0.15) is 0 Å². The minimum atomic E-state index is -4.53. The van der Waals surface area contributed by atoms with Crippen LogP contribution in [0.15, 0.2) is 28.7 Å². The first kappa shape index (κ1) is 18.0. The van der Waals surface area contributed by atoms with Gasteiger partial charge in [-0.2, -0.15) is 13.2 Å². The third-order valence-corrected chi connectivity index (χ3v) is 3.54. The monoisotopic (exact) mass is 366 g/mol. The first-order chi connectivity index (χ1) is 9.84. The van der Waals surface area contributed by atoms with Crippen LogP contribution in [0.25, 0.3) is 0 Å². The van der Waals surface area contributed by atoms with Crippen LogP contribution >= 0.6 is 15.9 Å². The Morgan fingerprint density at radius 2 is 1.81 bits per heavy atom. The molecule has 0 saturated carbocycles. The van der Waals surface area contributed by atoms with Gasteiger partial charge in [0, 0.05) is 4.47 Å². The Morgan fingerprint density at radius 1 is 1.19 bits per heavy atom. The van der Waals surface area contributed by atoms with Crippen molar-refractivity contribution in [3.63, 3.8) is 0 Å². The highest BCUT2D eigenvalue weighted by atomic mass is 79.9. The van der Waals surface area contributed by atoms with E-state index in [2.05, 4.69) is 20.7 Å². The average Bonchev–Trinajstić information content (AvgIpc) is 2.41. The van der Waals surface area contributed by atoms with Crippen LogP contribution in [0.2, 0.25) is 0 Å². The van der Waals surface area contributed by atoms with E-state index in [9.17, 15) is 18.0 Å². The lowest BCUT2D eigenvalue weighted by Gasteiger charge is -2.20. The average molecular weight is 367 g/mol. The third-order valence-electron chi connectivity index (χ3n) is 3.01. The number of rotatable bonds is 7. The number of ether oxygens (including phenoxy) is 1. The molecule has 0 bridgehead atoms. The van der Waals surface area contributed by atoms with Crippen molar-refractivity contribution in [2.45, 2.75) is 51.3 Å². The maximum Gasteiger partial charge on any atom is 0.425 e. The first-order valence-corrected chi connectivity index (χ1v) is 7.67. The van der Waals surface area contributed by atoms with Crippen molar-refractivity contribution < 1.29 is 22.7 Å². The summed E-state index contributed by atoms with van der Waals surface area (Å²) in [6, 6.07) is 6.02. The van der Waals surface area contributed by atoms with Crippen LogP contribution in [-0.4, -0.2) is 18.2 Å². The molecule has 1 aromatic rings. The van der Waals surface area contributed by atoms with Crippen molar-refractivity contribution in [2.75, 3.05) is 0 Å². The molecule has 21 heavy (non-hydrogen) atoms. The van der Waals surface area contributed by atoms with Gasteiger partial charge in [-0.05, 0) is 37.1 Å². The van der Waals surface area contributed by atoms with Crippen molar-refractivity contribution in [1.82, 2.24) is 0 Å². The number of unbranched alkanes of at least 4 members (excludes halogenated alkanes) is 3. The molecular weight excluding hydrogens is 349 g/mol. The summed E-state index contributed by atoms with van der Waals surface area (Å²) in [6.45, 7) is 1.98. The number of hydrogen-bond acceptors (Lipinski definition) is 2. The Balaban J connectivity index is 2.63. The number of carbonyl (C=O) groups excluding carboxylic acids is 1. The van der Waals surface area contributed by atoms with E-state index in [4.69, 9.17) is 0 Å². The van der Waals surface area contributed by atoms with E-state index in [1.54, 1.807) is 12.1 Å². The van der Waals surface area contributed by atoms with Gasteiger partial charge in [0.15, 0.2) is 6.10 Å². The summed E-state index contributed by atoms with van der Waals surface area (Å²) < 4.78 is 44.0. The van der Waals surface area contributed by atoms with Crippen LogP contribution in [0.3, 0.4) is 0 Å². The molecule has 0 spiro atoms. The van der Waals surface area contributed by atoms with Gasteiger partial charge >= 0.3 is 12.1 Å². The molecule has 0 aliphatic heterocycles. The zero-order chi connectivity index (χ0) is 15.9. The Labute approximate surface area is 130 Å². The van der Waals surface area contributed by atoms with Crippen molar-refractivity contribution in [3.05, 3.63) is 34.3 Å². The Hall–Kier alpha value is -1.04. The Bertz CT molecular complexity index is 443. The summed E-state index contributed by atoms with van der Waals surface area (Å²) in [5, 5.41) is 0. The quantitative estimate of drug-likeness (QED) is 0.469. The van der Waals surface area contributed by atoms with Crippen LogP contribution in [0.1, 0.15) is 49.4 Å². The highest BCUT2D eigenvalue weighted by Gasteiger charge is 2.42. The van der Waals surface area contributed by atoms with Gasteiger partial charge < -0.3 is 4.74 Å². The fraction of sp³-hybridized carbons (Fsp3) is 0.533. The number of benzene rings is 1. The van der Waals surface area contributed by atoms with Crippen molar-refractivity contribution in [1.29, 1.82) is 0 Å². The Morgan fingerprint density at radius 3 is 2.33 bits per heavy atom. The molecule has 0 N–H and O–H groups in total. The molecule has 6 heteroatoms. The van der Waals surface area contributed by atoms with Crippen LogP contribution in [0.4, 0.5) is 13.2 Å². The SMILES string of the molecule is CCCCCC[C@@H](OC(=O)c1ccc(Br)cc1)C(F)(F)F. The lowest BCUT2D eigenvalue weighted by molar-refractivity contribution is -0.206. The molecule has 0 aliphatic carbocycles. The fourth-order valence-corrected chi connectivity index (χ4v) is 2.09. The minimum Gasteiger partial charge on any atom is -0.449 e. The molecule has 0 amide bonds. The summed E-state index contributed by atoms with van der Waals surface area (Å²) in [5.74, 6) is -0.944. The van der Waals surface area contributed by atoms with Gasteiger partial charge in [-0.15, -0.1) is 0 Å². The molecule has 1 rings (SSSR count). The van der Waals surface area contributed by atoms with Crippen LogP contribution in [0.5, 0.6) is 0 Å². The molecule has 0 unspecified atom stereocenters. The predicted molar refractivity (Wildman–Crippen MR) is 78.2 cm³/mol. The largest absolute Gasteiger partial charge is 0.449 e. The highest BCUT2D eigenvalue weighted by Crippen LogP contribution is 2.28. The predicted octanol–water partition coefficient (Wildman–Crippen LogP) is 5.51. The molecule has 1 aromatic carbocycles. The molecule has 0 aliphatic rings. The van der Waals surface area contributed by atoms with Gasteiger partial charge in [0.25, 0.3) is 0 Å². The summed E-state index contributed by atoms with van der Waals surface area (Å²) >= 11 is 3.19. The normalized spacial score (nSPS) is 13.0. The summed E-state index contributed by atoms with van der Waals surface area (Å²) in [6.07, 6.45) is -3.83. The van der Waals surface area contributed by atoms with E-state index in [1.165, 1.54) is 12.1 Å². The standard InChI is InChI=1S/C15H18BrF3O2/c1-2-3-4-5-6-13(15(17,18)19)21-14(20)11-7-9-12(16)10-8-11/h7-10,13H,2-6H2,1H3/t13-/m1/s1. The van der Waals surface area contributed by atoms with E-state index in [1.807, 2.05) is 6.92 Å². The molecule has 0 aromatic heterocycles. The maximum absolute atomic E-state index is 12.9. The van der Waals surface area contributed by atoms with Gasteiger partial charge in [-0.1, -0.05) is 42.1 Å². The van der Waals surface area contributed by atoms with Crippen molar-refractivity contribution >= 4 is 21.9 Å². The number of carbonyl (C=O) groups is 1. The molecule has 0 heterocycles. The fourth-order valence-electron chi connectivity index (χ4n) is 1.83. The Kier molecular flexibility index (Phi) is 7.22. The summed E-state index contributed by atoms with van der Waals surface area (Å²) in [4.78, 5) is 11.8. The highest BCUT2D eigenvalue weighted by molar-refractivity contribution is 9.10. The minimum absolute atomic E-state index is 0.112. The van der Waals surface area contributed by atoms with E-state index in [0.29, 0.717) is 12.8 Å². The molecule has 2 nitrogen and oxygen atoms in total. The number of alkyl halides is 3. The van der Waals surface area contributed by atoms with Crippen LogP contribution < -0.4 is 0 Å². The van der Waals surface area contributed by atoms with E-state index < -0.39 is 18.2 Å². The second kappa shape index (κ2) is 8.41. The second-order valence-electron chi connectivity index (χ2n) is 4.79. The second-order valence-corrected chi connectivity index (χ2v) is 5.71. The summed E-state index contributed by atoms with van der Waals surface area (Å²) in [5.41, 5.74) is 0.112. The van der Waals surface area contributed by atoms with Crippen LogP contribution in [0, 0.1) is 0 Å². The van der Waals surface area contributed by atoms with E-state index in [0.717, 1.165) is 17.3 Å². The lowest BCUT2D eigenvalue weighted by atomic mass is 10.1. The zero-order valence-corrected chi connectivity index (χ0v) is 13.3. The van der Waals surface area contributed by atoms with Gasteiger partial charge in [-0.25, -0.2) is 4.79 Å². The van der Waals surface area contributed by atoms with Gasteiger partial charge in [0.05, 0.1) is 5.56 Å². The maximum atomic E-state index is 12.9. The zero-order valence-electron chi connectivity index (χ0n) is 11.8. The lowest BCUT2D eigenvalue weighted by Crippen LogP contribution is -2.33. The number of esters is 1.